The number of rotatable bonds is 8. The van der Waals surface area contributed by atoms with Crippen LogP contribution in [0.15, 0.2) is 27.6 Å². The van der Waals surface area contributed by atoms with Crippen LogP contribution in [0.2, 0.25) is 0 Å². The Hall–Kier alpha value is -0.430. The fraction of sp³-hybridized carbons (Fsp3) is 0.600. The summed E-state index contributed by atoms with van der Waals surface area (Å²) >= 11 is 3.40. The van der Waals surface area contributed by atoms with Crippen molar-refractivity contribution < 1.29 is 8.42 Å². The summed E-state index contributed by atoms with van der Waals surface area (Å²) in [6, 6.07) is 5.76. The lowest BCUT2D eigenvalue weighted by Gasteiger charge is -2.22. The van der Waals surface area contributed by atoms with Crippen molar-refractivity contribution in [3.63, 3.8) is 0 Å². The Kier molecular flexibility index (Phi) is 5.82. The normalized spacial score (nSPS) is 15.6. The summed E-state index contributed by atoms with van der Waals surface area (Å²) in [5, 5.41) is 3.23. The third-order valence-electron chi connectivity index (χ3n) is 3.56. The molecule has 1 saturated carbocycles. The first-order chi connectivity index (χ1) is 10.0. The van der Waals surface area contributed by atoms with Gasteiger partial charge in [0.05, 0.1) is 4.90 Å². The highest BCUT2D eigenvalue weighted by atomic mass is 79.9. The fourth-order valence-corrected chi connectivity index (χ4v) is 5.09. The molecule has 0 spiro atoms. The van der Waals surface area contributed by atoms with Gasteiger partial charge in [-0.25, -0.2) is 8.42 Å². The molecule has 0 amide bonds. The van der Waals surface area contributed by atoms with Gasteiger partial charge in [-0.1, -0.05) is 19.9 Å². The smallest absolute Gasteiger partial charge is 0.244 e. The Bertz CT molecular complexity index is 585. The minimum absolute atomic E-state index is 0.194. The number of sulfonamides is 1. The summed E-state index contributed by atoms with van der Waals surface area (Å²) in [7, 11) is -3.42. The van der Waals surface area contributed by atoms with E-state index in [-0.39, 0.29) is 6.04 Å². The molecule has 1 fully saturated rings. The molecule has 0 radical (unpaired) electrons. The molecule has 0 aromatic heterocycles. The first-order valence-electron chi connectivity index (χ1n) is 7.51. The van der Waals surface area contributed by atoms with Gasteiger partial charge in [-0.05, 0) is 59.4 Å². The molecule has 21 heavy (non-hydrogen) atoms. The topological polar surface area (TPSA) is 49.4 Å². The monoisotopic (exact) mass is 374 g/mol. The molecule has 0 heterocycles. The third kappa shape index (κ3) is 4.06. The van der Waals surface area contributed by atoms with Crippen LogP contribution in [0.1, 0.15) is 38.7 Å². The first-order valence-corrected chi connectivity index (χ1v) is 9.75. The van der Waals surface area contributed by atoms with Gasteiger partial charge < -0.3 is 5.32 Å². The number of hydrogen-bond acceptors (Lipinski definition) is 3. The molecule has 118 valence electrons. The van der Waals surface area contributed by atoms with E-state index in [0.29, 0.717) is 22.5 Å². The van der Waals surface area contributed by atoms with Crippen LogP contribution in [-0.4, -0.2) is 31.9 Å². The number of hydrogen-bond donors (Lipinski definition) is 1. The number of halogens is 1. The van der Waals surface area contributed by atoms with Crippen LogP contribution in [0.4, 0.5) is 0 Å². The molecule has 1 aromatic rings. The number of benzene rings is 1. The summed E-state index contributed by atoms with van der Waals surface area (Å²) in [6.07, 6.45) is 2.80. The van der Waals surface area contributed by atoms with E-state index in [1.54, 1.807) is 10.4 Å². The minimum atomic E-state index is -3.42. The van der Waals surface area contributed by atoms with Crippen LogP contribution >= 0.6 is 15.9 Å². The molecule has 0 unspecified atom stereocenters. The molecular weight excluding hydrogens is 352 g/mol. The van der Waals surface area contributed by atoms with Crippen molar-refractivity contribution in [2.24, 2.45) is 0 Å². The lowest BCUT2D eigenvalue weighted by molar-refractivity contribution is 0.403. The average Bonchev–Trinajstić information content (AvgIpc) is 3.28. The van der Waals surface area contributed by atoms with Crippen molar-refractivity contribution in [1.29, 1.82) is 0 Å². The fourth-order valence-electron chi connectivity index (χ4n) is 2.33. The molecule has 4 nitrogen and oxygen atoms in total. The first kappa shape index (κ1) is 16.9. The molecule has 2 rings (SSSR count). The summed E-state index contributed by atoms with van der Waals surface area (Å²) in [5.74, 6) is 0. The van der Waals surface area contributed by atoms with Gasteiger partial charge in [0.2, 0.25) is 10.0 Å². The van der Waals surface area contributed by atoms with Gasteiger partial charge in [-0.3, -0.25) is 0 Å². The van der Waals surface area contributed by atoms with Crippen molar-refractivity contribution in [2.45, 2.75) is 50.6 Å². The van der Waals surface area contributed by atoms with E-state index in [2.05, 4.69) is 21.2 Å². The maximum absolute atomic E-state index is 12.9. The zero-order valence-electron chi connectivity index (χ0n) is 12.6. The highest BCUT2D eigenvalue weighted by Crippen LogP contribution is 2.34. The largest absolute Gasteiger partial charge is 0.313 e. The third-order valence-corrected chi connectivity index (χ3v) is 6.51. The molecule has 0 bridgehead atoms. The molecule has 0 atom stereocenters. The van der Waals surface area contributed by atoms with Crippen LogP contribution in [-0.2, 0) is 16.6 Å². The lowest BCUT2D eigenvalue weighted by atomic mass is 10.2. The summed E-state index contributed by atoms with van der Waals surface area (Å²) in [5.41, 5.74) is 0.992. The SMILES string of the molecule is CCCN(C1CC1)S(=O)(=O)c1cc(CNCC)ccc1Br. The highest BCUT2D eigenvalue weighted by molar-refractivity contribution is 9.10. The molecule has 1 aliphatic rings. The molecule has 0 aliphatic heterocycles. The van der Waals surface area contributed by atoms with Crippen molar-refractivity contribution in [3.8, 4) is 0 Å². The molecular formula is C15H23BrN2O2S. The van der Waals surface area contributed by atoms with E-state index in [4.69, 9.17) is 0 Å². The Morgan fingerprint density at radius 1 is 1.33 bits per heavy atom. The second kappa shape index (κ2) is 7.22. The van der Waals surface area contributed by atoms with Crippen LogP contribution in [0.25, 0.3) is 0 Å². The van der Waals surface area contributed by atoms with Crippen molar-refractivity contribution in [2.75, 3.05) is 13.1 Å². The predicted octanol–water partition coefficient (Wildman–Crippen LogP) is 3.12. The zero-order valence-corrected chi connectivity index (χ0v) is 15.0. The second-order valence-electron chi connectivity index (χ2n) is 5.39. The summed E-state index contributed by atoms with van der Waals surface area (Å²) < 4.78 is 28.2. The van der Waals surface area contributed by atoms with Crippen LogP contribution < -0.4 is 5.32 Å². The van der Waals surface area contributed by atoms with Crippen LogP contribution in [0, 0.1) is 0 Å². The Labute approximate surface area is 136 Å². The van der Waals surface area contributed by atoms with E-state index >= 15 is 0 Å². The average molecular weight is 375 g/mol. The molecule has 0 saturated heterocycles. The van der Waals surface area contributed by atoms with Crippen LogP contribution in [0.3, 0.4) is 0 Å². The van der Waals surface area contributed by atoms with E-state index in [1.807, 2.05) is 26.0 Å². The predicted molar refractivity (Wildman–Crippen MR) is 88.7 cm³/mol. The van der Waals surface area contributed by atoms with E-state index in [0.717, 1.165) is 31.4 Å². The Morgan fingerprint density at radius 3 is 2.62 bits per heavy atom. The van der Waals surface area contributed by atoms with Gasteiger partial charge in [0.25, 0.3) is 0 Å². The van der Waals surface area contributed by atoms with Gasteiger partial charge >= 0.3 is 0 Å². The summed E-state index contributed by atoms with van der Waals surface area (Å²) in [4.78, 5) is 0.387. The van der Waals surface area contributed by atoms with Crippen molar-refractivity contribution >= 4 is 26.0 Å². The Morgan fingerprint density at radius 2 is 2.05 bits per heavy atom. The van der Waals surface area contributed by atoms with Crippen molar-refractivity contribution in [1.82, 2.24) is 9.62 Å². The highest BCUT2D eigenvalue weighted by Gasteiger charge is 2.38. The van der Waals surface area contributed by atoms with Gasteiger partial charge in [0, 0.05) is 23.6 Å². The van der Waals surface area contributed by atoms with Gasteiger partial charge in [0.15, 0.2) is 0 Å². The zero-order chi connectivity index (χ0) is 15.5. The minimum Gasteiger partial charge on any atom is -0.313 e. The van der Waals surface area contributed by atoms with Gasteiger partial charge in [0.1, 0.15) is 0 Å². The molecule has 1 aliphatic carbocycles. The maximum atomic E-state index is 12.9. The molecule has 6 heteroatoms. The van der Waals surface area contributed by atoms with E-state index in [9.17, 15) is 8.42 Å². The lowest BCUT2D eigenvalue weighted by Crippen LogP contribution is -2.34. The van der Waals surface area contributed by atoms with E-state index < -0.39 is 10.0 Å². The van der Waals surface area contributed by atoms with Crippen molar-refractivity contribution in [3.05, 3.63) is 28.2 Å². The number of nitrogens with one attached hydrogen (secondary N) is 1. The Balaban J connectivity index is 2.33. The number of nitrogens with zero attached hydrogens (tertiary/aromatic N) is 1. The van der Waals surface area contributed by atoms with Gasteiger partial charge in [-0.2, -0.15) is 4.31 Å². The standard InChI is InChI=1S/C15H23BrN2O2S/c1-3-9-18(13-6-7-13)21(19,20)15-10-12(11-17-4-2)5-8-14(15)16/h5,8,10,13,17H,3-4,6-7,9,11H2,1-2H3. The second-order valence-corrected chi connectivity index (χ2v) is 8.11. The quantitative estimate of drug-likeness (QED) is 0.760. The summed E-state index contributed by atoms with van der Waals surface area (Å²) in [6.45, 7) is 6.19. The van der Waals surface area contributed by atoms with Gasteiger partial charge in [-0.15, -0.1) is 0 Å². The maximum Gasteiger partial charge on any atom is 0.244 e. The van der Waals surface area contributed by atoms with Crippen LogP contribution in [0.5, 0.6) is 0 Å². The molecule has 1 aromatic carbocycles. The van der Waals surface area contributed by atoms with E-state index in [1.165, 1.54) is 0 Å². The molecule has 1 N–H and O–H groups in total.